The van der Waals surface area contributed by atoms with E-state index in [1.807, 2.05) is 37.2 Å². The van der Waals surface area contributed by atoms with Gasteiger partial charge in [-0.2, -0.15) is 0 Å². The van der Waals surface area contributed by atoms with E-state index >= 15 is 0 Å². The lowest BCUT2D eigenvalue weighted by molar-refractivity contribution is 0.568. The molecule has 4 nitrogen and oxygen atoms in total. The number of aromatic nitrogens is 1. The summed E-state index contributed by atoms with van der Waals surface area (Å²) in [5.41, 5.74) is 2.51. The second-order valence-electron chi connectivity index (χ2n) is 7.07. The first-order valence-corrected chi connectivity index (χ1v) is 9.18. The van der Waals surface area contributed by atoms with Crippen LogP contribution in [0.3, 0.4) is 0 Å². The molecule has 1 heterocycles. The van der Waals surface area contributed by atoms with Crippen LogP contribution in [0.2, 0.25) is 0 Å². The number of hydrogen-bond donors (Lipinski definition) is 1. The van der Waals surface area contributed by atoms with E-state index in [4.69, 9.17) is 4.98 Å². The Hall–Kier alpha value is -1.88. The number of thiazole rings is 1. The molecule has 1 aromatic carbocycles. The summed E-state index contributed by atoms with van der Waals surface area (Å²) in [6.45, 7) is 8.12. The number of rotatable bonds is 5. The smallest absolute Gasteiger partial charge is 0.193 e. The van der Waals surface area contributed by atoms with Crippen molar-refractivity contribution in [3.05, 3.63) is 52.0 Å². The molecule has 0 bridgehead atoms. The number of nitrogens with one attached hydrogen (secondary N) is 1. The summed E-state index contributed by atoms with van der Waals surface area (Å²) >= 11 is 1.74. The molecule has 130 valence electrons. The molecule has 0 spiro atoms. The third-order valence-electron chi connectivity index (χ3n) is 3.62. The zero-order valence-corrected chi connectivity index (χ0v) is 16.2. The van der Waals surface area contributed by atoms with Crippen LogP contribution in [0.4, 0.5) is 0 Å². The van der Waals surface area contributed by atoms with Gasteiger partial charge in [-0.25, -0.2) is 9.98 Å². The van der Waals surface area contributed by atoms with E-state index < -0.39 is 0 Å². The third-order valence-corrected chi connectivity index (χ3v) is 4.53. The second-order valence-corrected chi connectivity index (χ2v) is 8.02. The molecule has 0 atom stereocenters. The van der Waals surface area contributed by atoms with Gasteiger partial charge < -0.3 is 10.2 Å². The predicted molar refractivity (Wildman–Crippen MR) is 104 cm³/mol. The normalized spacial score (nSPS) is 12.3. The maximum Gasteiger partial charge on any atom is 0.193 e. The number of benzene rings is 1. The van der Waals surface area contributed by atoms with E-state index in [2.05, 4.69) is 48.6 Å². The van der Waals surface area contributed by atoms with Crippen molar-refractivity contribution in [3.63, 3.8) is 0 Å². The topological polar surface area (TPSA) is 40.5 Å². The fourth-order valence-corrected chi connectivity index (χ4v) is 3.18. The van der Waals surface area contributed by atoms with Gasteiger partial charge in [-0.05, 0) is 5.56 Å². The van der Waals surface area contributed by atoms with Crippen LogP contribution in [0, 0.1) is 0 Å². The molecule has 0 aliphatic rings. The Morgan fingerprint density at radius 1 is 1.21 bits per heavy atom. The van der Waals surface area contributed by atoms with Crippen LogP contribution in [-0.4, -0.2) is 36.5 Å². The highest BCUT2D eigenvalue weighted by Crippen LogP contribution is 2.23. The maximum atomic E-state index is 4.74. The fraction of sp³-hybridized carbons (Fsp3) is 0.474. The molecule has 0 aliphatic heterocycles. The van der Waals surface area contributed by atoms with E-state index in [0.717, 1.165) is 18.9 Å². The van der Waals surface area contributed by atoms with Gasteiger partial charge in [0.1, 0.15) is 0 Å². The number of aliphatic imine (C=N–C) groups is 1. The largest absolute Gasteiger partial charge is 0.356 e. The first kappa shape index (κ1) is 18.5. The zero-order valence-electron chi connectivity index (χ0n) is 15.3. The lowest BCUT2D eigenvalue weighted by atomic mass is 9.93. The van der Waals surface area contributed by atoms with Crippen molar-refractivity contribution >= 4 is 17.3 Å². The summed E-state index contributed by atoms with van der Waals surface area (Å²) in [6.07, 6.45) is 0.916. The van der Waals surface area contributed by atoms with Crippen molar-refractivity contribution in [1.82, 2.24) is 15.2 Å². The minimum absolute atomic E-state index is 0.119. The first-order valence-electron chi connectivity index (χ1n) is 8.30. The summed E-state index contributed by atoms with van der Waals surface area (Å²) in [5, 5.41) is 6.78. The Morgan fingerprint density at radius 3 is 2.50 bits per heavy atom. The summed E-state index contributed by atoms with van der Waals surface area (Å²) in [6, 6.07) is 10.3. The van der Waals surface area contributed by atoms with E-state index in [9.17, 15) is 0 Å². The summed E-state index contributed by atoms with van der Waals surface area (Å²) in [7, 11) is 4.02. The van der Waals surface area contributed by atoms with E-state index in [0.29, 0.717) is 6.54 Å². The lowest BCUT2D eigenvalue weighted by Gasteiger charge is -2.17. The van der Waals surface area contributed by atoms with Crippen LogP contribution in [0.15, 0.2) is 40.7 Å². The highest BCUT2D eigenvalue weighted by atomic mass is 32.1. The van der Waals surface area contributed by atoms with Crippen LogP contribution in [0.5, 0.6) is 0 Å². The van der Waals surface area contributed by atoms with Crippen molar-refractivity contribution in [3.8, 4) is 0 Å². The molecule has 0 saturated carbocycles. The zero-order chi connectivity index (χ0) is 17.6. The monoisotopic (exact) mass is 344 g/mol. The average molecular weight is 345 g/mol. The van der Waals surface area contributed by atoms with Crippen LogP contribution in [0.25, 0.3) is 0 Å². The molecule has 0 aliphatic carbocycles. The molecule has 24 heavy (non-hydrogen) atoms. The molecule has 5 heteroatoms. The Morgan fingerprint density at radius 2 is 1.92 bits per heavy atom. The van der Waals surface area contributed by atoms with E-state index in [1.54, 1.807) is 11.3 Å². The molecule has 1 aromatic heterocycles. The number of nitrogens with zero attached hydrogens (tertiary/aromatic N) is 3. The van der Waals surface area contributed by atoms with Gasteiger partial charge in [0.15, 0.2) is 5.96 Å². The van der Waals surface area contributed by atoms with E-state index in [-0.39, 0.29) is 5.41 Å². The molecule has 0 radical (unpaired) electrons. The fourth-order valence-electron chi connectivity index (χ4n) is 2.16. The SMILES string of the molecule is CN(C)C(=NCc1ccccc1)NCCc1nc(C(C)(C)C)cs1. The number of guanidine groups is 1. The Kier molecular flexibility index (Phi) is 6.37. The van der Waals surface area contributed by atoms with Crippen molar-refractivity contribution in [2.75, 3.05) is 20.6 Å². The standard InChI is InChI=1S/C19H28N4S/c1-19(2,3)16-14-24-17(22-16)11-12-20-18(23(4)5)21-13-15-9-7-6-8-10-15/h6-10,14H,11-13H2,1-5H3,(H,20,21). The van der Waals surface area contributed by atoms with Crippen LogP contribution < -0.4 is 5.32 Å². The predicted octanol–water partition coefficient (Wildman–Crippen LogP) is 3.69. The van der Waals surface area contributed by atoms with Crippen LogP contribution in [-0.2, 0) is 18.4 Å². The van der Waals surface area contributed by atoms with Crippen LogP contribution >= 0.6 is 11.3 Å². The average Bonchev–Trinajstić information content (AvgIpc) is 3.00. The third kappa shape index (κ3) is 5.64. The summed E-state index contributed by atoms with van der Waals surface area (Å²) in [4.78, 5) is 11.4. The van der Waals surface area contributed by atoms with Crippen molar-refractivity contribution in [2.24, 2.45) is 4.99 Å². The van der Waals surface area contributed by atoms with E-state index in [1.165, 1.54) is 16.3 Å². The molecular formula is C19H28N4S. The molecular weight excluding hydrogens is 316 g/mol. The van der Waals surface area contributed by atoms with Crippen molar-refractivity contribution in [1.29, 1.82) is 0 Å². The molecule has 1 N–H and O–H groups in total. The van der Waals surface area contributed by atoms with Gasteiger partial charge in [-0.3, -0.25) is 0 Å². The minimum Gasteiger partial charge on any atom is -0.356 e. The first-order chi connectivity index (χ1) is 11.4. The lowest BCUT2D eigenvalue weighted by Crippen LogP contribution is -2.37. The summed E-state index contributed by atoms with van der Waals surface area (Å²) in [5.74, 6) is 0.909. The Bertz CT molecular complexity index is 654. The molecule has 0 fully saturated rings. The Labute approximate surface area is 149 Å². The van der Waals surface area contributed by atoms with Gasteiger partial charge >= 0.3 is 0 Å². The molecule has 0 amide bonds. The van der Waals surface area contributed by atoms with Gasteiger partial charge in [-0.1, -0.05) is 51.1 Å². The second kappa shape index (κ2) is 8.29. The van der Waals surface area contributed by atoms with Gasteiger partial charge in [-0.15, -0.1) is 11.3 Å². The summed E-state index contributed by atoms with van der Waals surface area (Å²) < 4.78 is 0. The molecule has 0 unspecified atom stereocenters. The maximum absolute atomic E-state index is 4.74. The Balaban J connectivity index is 1.89. The number of hydrogen-bond acceptors (Lipinski definition) is 3. The van der Waals surface area contributed by atoms with Gasteiger partial charge in [0.2, 0.25) is 0 Å². The van der Waals surface area contributed by atoms with Gasteiger partial charge in [0.25, 0.3) is 0 Å². The van der Waals surface area contributed by atoms with Crippen molar-refractivity contribution in [2.45, 2.75) is 39.2 Å². The highest BCUT2D eigenvalue weighted by molar-refractivity contribution is 7.09. The quantitative estimate of drug-likeness (QED) is 0.664. The van der Waals surface area contributed by atoms with Gasteiger partial charge in [0.05, 0.1) is 17.2 Å². The van der Waals surface area contributed by atoms with Gasteiger partial charge in [0, 0.05) is 37.9 Å². The molecule has 0 saturated heterocycles. The minimum atomic E-state index is 0.119. The molecule has 2 aromatic rings. The molecule has 2 rings (SSSR count). The van der Waals surface area contributed by atoms with Crippen molar-refractivity contribution < 1.29 is 0 Å². The van der Waals surface area contributed by atoms with Crippen LogP contribution in [0.1, 0.15) is 37.0 Å². The highest BCUT2D eigenvalue weighted by Gasteiger charge is 2.17.